The lowest BCUT2D eigenvalue weighted by Crippen LogP contribution is -2.40. The van der Waals surface area contributed by atoms with E-state index in [4.69, 9.17) is 0 Å². The summed E-state index contributed by atoms with van der Waals surface area (Å²) in [5, 5.41) is 3.35. The molecule has 1 atom stereocenters. The molecule has 1 aliphatic rings. The summed E-state index contributed by atoms with van der Waals surface area (Å²) in [6.07, 6.45) is 4.83. The van der Waals surface area contributed by atoms with Crippen molar-refractivity contribution in [3.63, 3.8) is 0 Å². The molecule has 1 fully saturated rings. The number of nitrogens with zero attached hydrogens (tertiary/aromatic N) is 1. The lowest BCUT2D eigenvalue weighted by Gasteiger charge is -2.38. The van der Waals surface area contributed by atoms with Gasteiger partial charge in [-0.15, -0.1) is 0 Å². The fourth-order valence-electron chi connectivity index (χ4n) is 3.12. The topological polar surface area (TPSA) is 15.3 Å². The maximum atomic E-state index is 13.8. The van der Waals surface area contributed by atoms with Gasteiger partial charge in [-0.25, -0.2) is 4.39 Å². The third-order valence-electron chi connectivity index (χ3n) is 4.65. The largest absolute Gasteiger partial charge is 0.317 e. The van der Waals surface area contributed by atoms with E-state index in [1.165, 1.54) is 25.7 Å². The Kier molecular flexibility index (Phi) is 4.94. The molecule has 2 rings (SSSR count). The molecule has 0 bridgehead atoms. The van der Waals surface area contributed by atoms with Crippen LogP contribution in [0.5, 0.6) is 0 Å². The summed E-state index contributed by atoms with van der Waals surface area (Å²) in [5.74, 6) is -0.0919. The van der Waals surface area contributed by atoms with Gasteiger partial charge >= 0.3 is 0 Å². The first-order chi connectivity index (χ1) is 9.13. The maximum Gasteiger partial charge on any atom is 0.127 e. The lowest BCUT2D eigenvalue weighted by molar-refractivity contribution is 0.134. The molecule has 0 heterocycles. The summed E-state index contributed by atoms with van der Waals surface area (Å²) in [5.41, 5.74) is 0.806. The van der Waals surface area contributed by atoms with Crippen LogP contribution in [0, 0.1) is 5.82 Å². The van der Waals surface area contributed by atoms with Crippen molar-refractivity contribution < 1.29 is 4.39 Å². The van der Waals surface area contributed by atoms with Crippen molar-refractivity contribution >= 4 is 0 Å². The normalized spacial score (nSPS) is 25.5. The minimum Gasteiger partial charge on any atom is -0.317 e. The Morgan fingerprint density at radius 2 is 1.84 bits per heavy atom. The molecule has 0 radical (unpaired) electrons. The Morgan fingerprint density at radius 1 is 1.21 bits per heavy atom. The molecule has 3 heteroatoms. The van der Waals surface area contributed by atoms with Crippen molar-refractivity contribution in [1.29, 1.82) is 0 Å². The summed E-state index contributed by atoms with van der Waals surface area (Å²) in [6, 6.07) is 8.49. The molecule has 0 aromatic heterocycles. The van der Waals surface area contributed by atoms with E-state index in [1.807, 2.05) is 19.2 Å². The van der Waals surface area contributed by atoms with Crippen molar-refractivity contribution in [2.75, 3.05) is 14.1 Å². The van der Waals surface area contributed by atoms with E-state index in [9.17, 15) is 4.39 Å². The maximum absolute atomic E-state index is 13.8. The van der Waals surface area contributed by atoms with Gasteiger partial charge in [0.2, 0.25) is 0 Å². The van der Waals surface area contributed by atoms with Crippen LogP contribution < -0.4 is 5.32 Å². The minimum absolute atomic E-state index is 0.0919. The Hall–Kier alpha value is -0.930. The number of hydrogen-bond acceptors (Lipinski definition) is 2. The molecule has 19 heavy (non-hydrogen) atoms. The summed E-state index contributed by atoms with van der Waals surface area (Å²) >= 11 is 0. The van der Waals surface area contributed by atoms with Crippen LogP contribution in [0.2, 0.25) is 0 Å². The first-order valence-electron chi connectivity index (χ1n) is 7.27. The second-order valence-corrected chi connectivity index (χ2v) is 5.66. The molecule has 0 aliphatic heterocycles. The number of halogens is 1. The Labute approximate surface area is 116 Å². The molecule has 0 spiro atoms. The van der Waals surface area contributed by atoms with Crippen LogP contribution in [0.3, 0.4) is 0 Å². The fraction of sp³-hybridized carbons (Fsp3) is 0.625. The van der Waals surface area contributed by atoms with Gasteiger partial charge in [-0.05, 0) is 52.8 Å². The molecule has 1 aliphatic carbocycles. The van der Waals surface area contributed by atoms with Crippen molar-refractivity contribution in [3.8, 4) is 0 Å². The third kappa shape index (κ3) is 3.34. The highest BCUT2D eigenvalue weighted by atomic mass is 19.1. The number of hydrogen-bond donors (Lipinski definition) is 1. The van der Waals surface area contributed by atoms with Gasteiger partial charge in [-0.1, -0.05) is 18.2 Å². The zero-order valence-electron chi connectivity index (χ0n) is 12.2. The van der Waals surface area contributed by atoms with E-state index in [-0.39, 0.29) is 11.9 Å². The van der Waals surface area contributed by atoms with E-state index >= 15 is 0 Å². The Balaban J connectivity index is 2.00. The summed E-state index contributed by atoms with van der Waals surface area (Å²) in [6.45, 7) is 2.10. The zero-order valence-corrected chi connectivity index (χ0v) is 12.2. The highest BCUT2D eigenvalue weighted by molar-refractivity contribution is 5.20. The smallest absolute Gasteiger partial charge is 0.127 e. The second-order valence-electron chi connectivity index (χ2n) is 5.66. The van der Waals surface area contributed by atoms with Crippen LogP contribution in [-0.4, -0.2) is 31.1 Å². The molecule has 1 N–H and O–H groups in total. The first kappa shape index (κ1) is 14.5. The van der Waals surface area contributed by atoms with Crippen LogP contribution in [0.15, 0.2) is 24.3 Å². The van der Waals surface area contributed by atoms with Gasteiger partial charge in [-0.2, -0.15) is 0 Å². The minimum atomic E-state index is -0.0919. The molecule has 1 aromatic carbocycles. The number of benzene rings is 1. The van der Waals surface area contributed by atoms with E-state index in [1.54, 1.807) is 12.1 Å². The van der Waals surface area contributed by atoms with Crippen LogP contribution in [0.1, 0.15) is 44.2 Å². The van der Waals surface area contributed by atoms with Gasteiger partial charge in [0.1, 0.15) is 5.82 Å². The van der Waals surface area contributed by atoms with E-state index in [0.29, 0.717) is 12.1 Å². The van der Waals surface area contributed by atoms with Crippen LogP contribution in [0.25, 0.3) is 0 Å². The molecular formula is C16H25FN2. The monoisotopic (exact) mass is 264 g/mol. The van der Waals surface area contributed by atoms with Crippen LogP contribution >= 0.6 is 0 Å². The molecule has 1 saturated carbocycles. The summed E-state index contributed by atoms with van der Waals surface area (Å²) in [4.78, 5) is 2.34. The Bertz CT molecular complexity index is 399. The molecule has 0 amide bonds. The number of nitrogens with one attached hydrogen (secondary N) is 1. The Morgan fingerprint density at radius 3 is 2.42 bits per heavy atom. The quantitative estimate of drug-likeness (QED) is 0.897. The van der Waals surface area contributed by atoms with Crippen molar-refractivity contribution in [1.82, 2.24) is 10.2 Å². The fourth-order valence-corrected chi connectivity index (χ4v) is 3.12. The molecule has 1 unspecified atom stereocenters. The predicted molar refractivity (Wildman–Crippen MR) is 77.7 cm³/mol. The SMILES string of the molecule is CNC1CCC(N(C)C(C)c2ccccc2F)CC1. The van der Waals surface area contributed by atoms with Crippen molar-refractivity contribution in [3.05, 3.63) is 35.6 Å². The zero-order chi connectivity index (χ0) is 13.8. The van der Waals surface area contributed by atoms with E-state index < -0.39 is 0 Å². The van der Waals surface area contributed by atoms with Crippen LogP contribution in [0.4, 0.5) is 4.39 Å². The molecule has 1 aromatic rings. The van der Waals surface area contributed by atoms with Crippen molar-refractivity contribution in [2.45, 2.75) is 50.7 Å². The van der Waals surface area contributed by atoms with Gasteiger partial charge in [0, 0.05) is 23.7 Å². The highest BCUT2D eigenvalue weighted by Gasteiger charge is 2.27. The van der Waals surface area contributed by atoms with Crippen LogP contribution in [-0.2, 0) is 0 Å². The van der Waals surface area contributed by atoms with Gasteiger partial charge in [0.25, 0.3) is 0 Å². The second kappa shape index (κ2) is 6.49. The van der Waals surface area contributed by atoms with E-state index in [0.717, 1.165) is 5.56 Å². The molecule has 0 saturated heterocycles. The van der Waals surface area contributed by atoms with Gasteiger partial charge in [0.15, 0.2) is 0 Å². The van der Waals surface area contributed by atoms with Gasteiger partial charge in [-0.3, -0.25) is 4.90 Å². The summed E-state index contributed by atoms with van der Waals surface area (Å²) in [7, 11) is 4.16. The lowest BCUT2D eigenvalue weighted by atomic mass is 9.89. The average molecular weight is 264 g/mol. The predicted octanol–water partition coefficient (Wildman–Crippen LogP) is 3.35. The van der Waals surface area contributed by atoms with Gasteiger partial charge < -0.3 is 5.32 Å². The third-order valence-corrected chi connectivity index (χ3v) is 4.65. The molecule has 2 nitrogen and oxygen atoms in total. The van der Waals surface area contributed by atoms with E-state index in [2.05, 4.69) is 24.2 Å². The first-order valence-corrected chi connectivity index (χ1v) is 7.27. The highest BCUT2D eigenvalue weighted by Crippen LogP contribution is 2.29. The standard InChI is InChI=1S/C16H25FN2/c1-12(15-6-4-5-7-16(15)17)19(3)14-10-8-13(18-2)9-11-14/h4-7,12-14,18H,8-11H2,1-3H3. The summed E-state index contributed by atoms with van der Waals surface area (Å²) < 4.78 is 13.8. The average Bonchev–Trinajstić information content (AvgIpc) is 2.46. The molecule has 106 valence electrons. The van der Waals surface area contributed by atoms with Crippen molar-refractivity contribution in [2.24, 2.45) is 0 Å². The number of rotatable bonds is 4. The van der Waals surface area contributed by atoms with Gasteiger partial charge in [0.05, 0.1) is 0 Å². The molecular weight excluding hydrogens is 239 g/mol.